The van der Waals surface area contributed by atoms with Crippen LogP contribution in [0.1, 0.15) is 23.0 Å². The van der Waals surface area contributed by atoms with Crippen LogP contribution in [0.15, 0.2) is 50.5 Å². The lowest BCUT2D eigenvalue weighted by atomic mass is 9.94. The van der Waals surface area contributed by atoms with Crippen LogP contribution in [0.25, 0.3) is 0 Å². The molecule has 1 aromatic heterocycles. The Bertz CT molecular complexity index is 1050. The monoisotopic (exact) mass is 478 g/mol. The first-order valence-electron chi connectivity index (χ1n) is 8.71. The molecule has 1 fully saturated rings. The first kappa shape index (κ1) is 19.7. The van der Waals surface area contributed by atoms with Gasteiger partial charge in [0.25, 0.3) is 0 Å². The number of amides is 1. The van der Waals surface area contributed by atoms with Gasteiger partial charge in [-0.1, -0.05) is 22.0 Å². The number of methoxy groups -OCH3 is 1. The molecule has 7 nitrogen and oxygen atoms in total. The first-order chi connectivity index (χ1) is 13.9. The molecule has 1 amide bonds. The molecule has 29 heavy (non-hydrogen) atoms. The summed E-state index contributed by atoms with van der Waals surface area (Å²) in [5.41, 5.74) is 7.09. The third kappa shape index (κ3) is 3.46. The molecule has 0 spiro atoms. The standard InChI is InChI=1S/C19H16BrFN4O3S/c1-28-19(27)14-13-6-9(16(22)26)8-25(13)17(18-23-4-5-29-18)24-15(14)11-3-2-10(21)7-12(11)20/h2-5,7,9,15H,6,8H2,1H3,(H2,22,26)/t9?,15-/m0/s1. The maximum absolute atomic E-state index is 13.7. The van der Waals surface area contributed by atoms with Crippen LogP contribution in [0.5, 0.6) is 0 Å². The number of nitrogens with two attached hydrogens (primary N) is 1. The van der Waals surface area contributed by atoms with Crippen LogP contribution in [-0.4, -0.2) is 41.3 Å². The Balaban J connectivity index is 1.93. The van der Waals surface area contributed by atoms with E-state index < -0.39 is 29.7 Å². The van der Waals surface area contributed by atoms with Gasteiger partial charge in [-0.3, -0.25) is 9.79 Å². The maximum Gasteiger partial charge on any atom is 0.338 e. The number of thiazole rings is 1. The van der Waals surface area contributed by atoms with Crippen LogP contribution in [-0.2, 0) is 14.3 Å². The molecular formula is C19H16BrFN4O3S. The molecule has 0 aliphatic carbocycles. The average molecular weight is 479 g/mol. The van der Waals surface area contributed by atoms with Gasteiger partial charge >= 0.3 is 5.97 Å². The highest BCUT2D eigenvalue weighted by Gasteiger charge is 2.43. The Morgan fingerprint density at radius 2 is 2.21 bits per heavy atom. The van der Waals surface area contributed by atoms with Crippen molar-refractivity contribution >= 4 is 45.0 Å². The number of halogens is 2. The normalized spacial score (nSPS) is 21.1. The number of carbonyl (C=O) groups is 2. The number of rotatable bonds is 4. The van der Waals surface area contributed by atoms with E-state index in [0.717, 1.165) is 0 Å². The summed E-state index contributed by atoms with van der Waals surface area (Å²) in [6.07, 6.45) is 1.95. The van der Waals surface area contributed by atoms with Crippen molar-refractivity contribution in [1.82, 2.24) is 9.88 Å². The van der Waals surface area contributed by atoms with E-state index in [0.29, 0.717) is 45.1 Å². The van der Waals surface area contributed by atoms with Crippen molar-refractivity contribution in [2.24, 2.45) is 16.6 Å². The highest BCUT2D eigenvalue weighted by molar-refractivity contribution is 9.10. The predicted molar refractivity (Wildman–Crippen MR) is 109 cm³/mol. The van der Waals surface area contributed by atoms with Crippen LogP contribution in [0.3, 0.4) is 0 Å². The molecule has 0 radical (unpaired) electrons. The van der Waals surface area contributed by atoms with Gasteiger partial charge in [-0.05, 0) is 17.7 Å². The van der Waals surface area contributed by atoms with Gasteiger partial charge < -0.3 is 15.4 Å². The second kappa shape index (κ2) is 7.68. The van der Waals surface area contributed by atoms with E-state index in [2.05, 4.69) is 20.9 Å². The van der Waals surface area contributed by atoms with Gasteiger partial charge in [0.05, 0.1) is 18.6 Å². The number of aliphatic imine (C=N–C) groups is 1. The molecule has 3 heterocycles. The number of carbonyl (C=O) groups excluding carboxylic acids is 2. The number of primary amides is 1. The topological polar surface area (TPSA) is 97.9 Å². The van der Waals surface area contributed by atoms with Crippen molar-refractivity contribution in [3.05, 3.63) is 61.9 Å². The zero-order valence-corrected chi connectivity index (χ0v) is 17.7. The molecule has 2 aliphatic rings. The molecule has 2 aliphatic heterocycles. The number of ether oxygens (including phenoxy) is 1. The number of aromatic nitrogens is 1. The molecule has 10 heteroatoms. The quantitative estimate of drug-likeness (QED) is 0.681. The molecule has 1 saturated heterocycles. The largest absolute Gasteiger partial charge is 0.466 e. The Kier molecular flexibility index (Phi) is 5.22. The van der Waals surface area contributed by atoms with Gasteiger partial charge in [0, 0.05) is 34.7 Å². The van der Waals surface area contributed by atoms with Crippen molar-refractivity contribution in [2.45, 2.75) is 12.5 Å². The molecule has 1 aromatic carbocycles. The summed E-state index contributed by atoms with van der Waals surface area (Å²) >= 11 is 4.77. The van der Waals surface area contributed by atoms with Gasteiger partial charge in [0.15, 0.2) is 10.8 Å². The Labute approximate surface area is 178 Å². The number of benzene rings is 1. The van der Waals surface area contributed by atoms with Gasteiger partial charge in [-0.2, -0.15) is 0 Å². The third-order valence-corrected chi connectivity index (χ3v) is 6.40. The van der Waals surface area contributed by atoms with Crippen molar-refractivity contribution in [3.63, 3.8) is 0 Å². The molecule has 2 atom stereocenters. The van der Waals surface area contributed by atoms with E-state index in [4.69, 9.17) is 15.5 Å². The minimum atomic E-state index is -0.741. The Morgan fingerprint density at radius 3 is 2.83 bits per heavy atom. The molecule has 4 rings (SSSR count). The lowest BCUT2D eigenvalue weighted by molar-refractivity contribution is -0.136. The van der Waals surface area contributed by atoms with E-state index in [9.17, 15) is 14.0 Å². The highest BCUT2D eigenvalue weighted by atomic mass is 79.9. The van der Waals surface area contributed by atoms with Crippen LogP contribution >= 0.6 is 27.3 Å². The van der Waals surface area contributed by atoms with Gasteiger partial charge in [-0.15, -0.1) is 11.3 Å². The summed E-state index contributed by atoms with van der Waals surface area (Å²) in [5, 5.41) is 2.47. The van der Waals surface area contributed by atoms with Gasteiger partial charge in [-0.25, -0.2) is 14.2 Å². The van der Waals surface area contributed by atoms with E-state index in [1.165, 1.54) is 30.6 Å². The molecular weight excluding hydrogens is 463 g/mol. The lowest BCUT2D eigenvalue weighted by Gasteiger charge is -2.31. The fourth-order valence-corrected chi connectivity index (χ4v) is 4.81. The Morgan fingerprint density at radius 1 is 1.41 bits per heavy atom. The second-order valence-corrected chi connectivity index (χ2v) is 8.37. The maximum atomic E-state index is 13.7. The summed E-state index contributed by atoms with van der Waals surface area (Å²) in [4.78, 5) is 35.6. The molecule has 2 N–H and O–H groups in total. The van der Waals surface area contributed by atoms with Crippen molar-refractivity contribution in [2.75, 3.05) is 13.7 Å². The van der Waals surface area contributed by atoms with Gasteiger partial charge in [0.2, 0.25) is 5.91 Å². The SMILES string of the molecule is COC(=O)C1=C2CC(C(N)=O)CN2C(c2nccs2)=N[C@H]1c1ccc(F)cc1Br. The van der Waals surface area contributed by atoms with Crippen molar-refractivity contribution in [1.29, 1.82) is 0 Å². The van der Waals surface area contributed by atoms with Crippen LogP contribution < -0.4 is 5.73 Å². The third-order valence-electron chi connectivity index (χ3n) is 4.95. The van der Waals surface area contributed by atoms with Gasteiger partial charge in [0.1, 0.15) is 11.9 Å². The molecule has 2 aromatic rings. The number of esters is 1. The highest BCUT2D eigenvalue weighted by Crippen LogP contribution is 2.43. The number of fused-ring (bicyclic) bond motifs is 1. The first-order valence-corrected chi connectivity index (χ1v) is 10.4. The fraction of sp³-hybridized carbons (Fsp3) is 0.263. The number of nitrogens with zero attached hydrogens (tertiary/aromatic N) is 3. The number of allylic oxidation sites excluding steroid dienone is 1. The zero-order valence-electron chi connectivity index (χ0n) is 15.3. The van der Waals surface area contributed by atoms with Crippen molar-refractivity contribution in [3.8, 4) is 0 Å². The molecule has 1 unspecified atom stereocenters. The van der Waals surface area contributed by atoms with Crippen LogP contribution in [0, 0.1) is 11.7 Å². The van der Waals surface area contributed by atoms with Crippen LogP contribution in [0.4, 0.5) is 4.39 Å². The average Bonchev–Trinajstić information content (AvgIpc) is 3.36. The smallest absolute Gasteiger partial charge is 0.338 e. The Hall–Kier alpha value is -2.59. The number of amidine groups is 1. The summed E-state index contributed by atoms with van der Waals surface area (Å²) in [5.74, 6) is -1.34. The molecule has 0 bridgehead atoms. The molecule has 150 valence electrons. The van der Waals surface area contributed by atoms with Crippen molar-refractivity contribution < 1.29 is 18.7 Å². The minimum Gasteiger partial charge on any atom is -0.466 e. The lowest BCUT2D eigenvalue weighted by Crippen LogP contribution is -2.36. The number of hydrogen-bond acceptors (Lipinski definition) is 7. The van der Waals surface area contributed by atoms with E-state index in [1.54, 1.807) is 12.3 Å². The minimum absolute atomic E-state index is 0.291. The number of hydrogen-bond donors (Lipinski definition) is 1. The summed E-state index contributed by atoms with van der Waals surface area (Å²) in [6.45, 7) is 0.306. The second-order valence-electron chi connectivity index (χ2n) is 6.62. The summed E-state index contributed by atoms with van der Waals surface area (Å²) in [7, 11) is 1.29. The molecule has 0 saturated carbocycles. The predicted octanol–water partition coefficient (Wildman–Crippen LogP) is 2.78. The van der Waals surface area contributed by atoms with E-state index >= 15 is 0 Å². The van der Waals surface area contributed by atoms with E-state index in [-0.39, 0.29) is 0 Å². The summed E-state index contributed by atoms with van der Waals surface area (Å²) in [6, 6.07) is 3.47. The zero-order chi connectivity index (χ0) is 20.7. The summed E-state index contributed by atoms with van der Waals surface area (Å²) < 4.78 is 19.2. The fourth-order valence-electron chi connectivity index (χ4n) is 3.61. The van der Waals surface area contributed by atoms with E-state index in [1.807, 2.05) is 10.3 Å². The van der Waals surface area contributed by atoms with Crippen LogP contribution in [0.2, 0.25) is 0 Å².